The number of fused-ring (bicyclic) bond motifs is 1. The molecule has 0 amide bonds. The Kier molecular flexibility index (Phi) is 4.98. The molecule has 2 fully saturated rings. The van der Waals surface area contributed by atoms with Crippen molar-refractivity contribution in [1.29, 1.82) is 0 Å². The lowest BCUT2D eigenvalue weighted by Gasteiger charge is -2.38. The smallest absolute Gasteiger partial charge is 0.282 e. The van der Waals surface area contributed by atoms with Gasteiger partial charge in [-0.2, -0.15) is 17.0 Å². The van der Waals surface area contributed by atoms with Crippen LogP contribution in [0.15, 0.2) is 24.3 Å². The van der Waals surface area contributed by atoms with E-state index < -0.39 is 10.2 Å². The highest BCUT2D eigenvalue weighted by Gasteiger charge is 2.33. The van der Waals surface area contributed by atoms with E-state index in [1.54, 1.807) is 8.61 Å². The number of rotatable bonds is 4. The average Bonchev–Trinajstić information content (AvgIpc) is 3.05. The van der Waals surface area contributed by atoms with Gasteiger partial charge in [-0.3, -0.25) is 4.90 Å². The third-order valence-electron chi connectivity index (χ3n) is 5.26. The Balaban J connectivity index is 1.34. The molecule has 0 spiro atoms. The molecular weight excluding hydrogens is 352 g/mol. The highest BCUT2D eigenvalue weighted by molar-refractivity contribution is 7.86. The first-order valence-electron chi connectivity index (χ1n) is 9.12. The van der Waals surface area contributed by atoms with Gasteiger partial charge in [0.15, 0.2) is 0 Å². The van der Waals surface area contributed by atoms with Crippen molar-refractivity contribution in [1.82, 2.24) is 28.4 Å². The van der Waals surface area contributed by atoms with Gasteiger partial charge in [-0.05, 0) is 19.2 Å². The van der Waals surface area contributed by atoms with Crippen LogP contribution in [0.25, 0.3) is 11.0 Å². The molecule has 1 aromatic carbocycles. The SMILES string of the molecule is CN1CCN(S(=O)(=O)N2CCN(Cc3nc4ccccc4[nH]3)CC2)CC1. The van der Waals surface area contributed by atoms with Gasteiger partial charge in [-0.15, -0.1) is 0 Å². The molecule has 0 aliphatic carbocycles. The number of H-pyrrole nitrogens is 1. The van der Waals surface area contributed by atoms with E-state index in [1.165, 1.54) is 0 Å². The van der Waals surface area contributed by atoms with Crippen molar-refractivity contribution in [3.05, 3.63) is 30.1 Å². The third-order valence-corrected chi connectivity index (χ3v) is 7.29. The van der Waals surface area contributed by atoms with E-state index in [-0.39, 0.29) is 0 Å². The fourth-order valence-electron chi connectivity index (χ4n) is 3.59. The van der Waals surface area contributed by atoms with Crippen LogP contribution in [0.5, 0.6) is 0 Å². The van der Waals surface area contributed by atoms with Crippen LogP contribution in [-0.4, -0.2) is 96.2 Å². The third kappa shape index (κ3) is 3.63. The lowest BCUT2D eigenvalue weighted by atomic mass is 10.3. The van der Waals surface area contributed by atoms with Gasteiger partial charge in [0.25, 0.3) is 10.2 Å². The quantitative estimate of drug-likeness (QED) is 0.821. The number of nitrogens with one attached hydrogen (secondary N) is 1. The minimum Gasteiger partial charge on any atom is -0.341 e. The van der Waals surface area contributed by atoms with Crippen LogP contribution in [0.3, 0.4) is 0 Å². The summed E-state index contributed by atoms with van der Waals surface area (Å²) in [5, 5.41) is 0. The monoisotopic (exact) mass is 378 g/mol. The van der Waals surface area contributed by atoms with Crippen molar-refractivity contribution in [3.63, 3.8) is 0 Å². The number of likely N-dealkylation sites (N-methyl/N-ethyl adjacent to an activating group) is 1. The topological polar surface area (TPSA) is 75.8 Å². The van der Waals surface area contributed by atoms with E-state index in [0.717, 1.165) is 49.6 Å². The Morgan fingerprint density at radius 3 is 2.23 bits per heavy atom. The molecule has 0 bridgehead atoms. The zero-order valence-corrected chi connectivity index (χ0v) is 16.0. The van der Waals surface area contributed by atoms with Crippen molar-refractivity contribution >= 4 is 21.2 Å². The molecule has 2 saturated heterocycles. The Hall–Kier alpha value is -1.52. The summed E-state index contributed by atoms with van der Waals surface area (Å²) in [6.07, 6.45) is 0. The van der Waals surface area contributed by atoms with Crippen LogP contribution in [-0.2, 0) is 16.8 Å². The highest BCUT2D eigenvalue weighted by atomic mass is 32.2. The molecule has 142 valence electrons. The number of nitrogens with zero attached hydrogens (tertiary/aromatic N) is 5. The summed E-state index contributed by atoms with van der Waals surface area (Å²) in [6.45, 7) is 6.00. The zero-order valence-electron chi connectivity index (χ0n) is 15.1. The second kappa shape index (κ2) is 7.24. The molecule has 1 aromatic heterocycles. The van der Waals surface area contributed by atoms with Gasteiger partial charge >= 0.3 is 0 Å². The number of para-hydroxylation sites is 2. The van der Waals surface area contributed by atoms with Gasteiger partial charge in [0.1, 0.15) is 5.82 Å². The van der Waals surface area contributed by atoms with Crippen LogP contribution in [0.1, 0.15) is 5.82 Å². The number of hydrogen-bond donors (Lipinski definition) is 1. The van der Waals surface area contributed by atoms with Crippen LogP contribution in [0.2, 0.25) is 0 Å². The second-order valence-electron chi connectivity index (χ2n) is 7.09. The molecule has 3 heterocycles. The molecule has 2 aliphatic rings. The van der Waals surface area contributed by atoms with Crippen molar-refractivity contribution < 1.29 is 8.42 Å². The number of imidazole rings is 1. The van der Waals surface area contributed by atoms with Gasteiger partial charge in [-0.1, -0.05) is 12.1 Å². The van der Waals surface area contributed by atoms with Gasteiger partial charge < -0.3 is 9.88 Å². The van der Waals surface area contributed by atoms with Crippen molar-refractivity contribution in [2.24, 2.45) is 0 Å². The molecule has 26 heavy (non-hydrogen) atoms. The van der Waals surface area contributed by atoms with E-state index in [4.69, 9.17) is 0 Å². The first-order valence-corrected chi connectivity index (χ1v) is 10.5. The van der Waals surface area contributed by atoms with Crippen molar-refractivity contribution in [2.45, 2.75) is 6.54 Å². The fraction of sp³-hybridized carbons (Fsp3) is 0.588. The molecule has 2 aliphatic heterocycles. The molecule has 0 unspecified atom stereocenters. The Morgan fingerprint density at radius 1 is 0.962 bits per heavy atom. The molecular formula is C17H26N6O2S. The summed E-state index contributed by atoms with van der Waals surface area (Å²) < 4.78 is 28.9. The Bertz CT molecular complexity index is 818. The zero-order chi connectivity index (χ0) is 18.1. The summed E-state index contributed by atoms with van der Waals surface area (Å²) in [5.74, 6) is 0.932. The molecule has 0 atom stereocenters. The minimum absolute atomic E-state index is 0.537. The molecule has 4 rings (SSSR count). The maximum absolute atomic E-state index is 12.8. The fourth-order valence-corrected chi connectivity index (χ4v) is 5.17. The lowest BCUT2D eigenvalue weighted by molar-refractivity contribution is 0.163. The number of benzene rings is 1. The van der Waals surface area contributed by atoms with E-state index in [9.17, 15) is 8.42 Å². The summed E-state index contributed by atoms with van der Waals surface area (Å²) in [6, 6.07) is 7.99. The van der Waals surface area contributed by atoms with Gasteiger partial charge in [0.05, 0.1) is 17.6 Å². The summed E-state index contributed by atoms with van der Waals surface area (Å²) >= 11 is 0. The lowest BCUT2D eigenvalue weighted by Crippen LogP contribution is -2.56. The summed E-state index contributed by atoms with van der Waals surface area (Å²) in [4.78, 5) is 12.4. The van der Waals surface area contributed by atoms with E-state index in [0.29, 0.717) is 26.2 Å². The average molecular weight is 379 g/mol. The highest BCUT2D eigenvalue weighted by Crippen LogP contribution is 2.16. The normalized spacial score (nSPS) is 22.2. The van der Waals surface area contributed by atoms with Gasteiger partial charge in [0.2, 0.25) is 0 Å². The van der Waals surface area contributed by atoms with E-state index >= 15 is 0 Å². The van der Waals surface area contributed by atoms with E-state index in [1.807, 2.05) is 31.3 Å². The predicted molar refractivity (Wildman–Crippen MR) is 101 cm³/mol. The van der Waals surface area contributed by atoms with Crippen molar-refractivity contribution in [3.8, 4) is 0 Å². The van der Waals surface area contributed by atoms with Gasteiger partial charge in [-0.25, -0.2) is 4.98 Å². The number of hydrogen-bond acceptors (Lipinski definition) is 5. The molecule has 9 heteroatoms. The van der Waals surface area contributed by atoms with Crippen LogP contribution in [0, 0.1) is 0 Å². The molecule has 8 nitrogen and oxygen atoms in total. The maximum atomic E-state index is 12.8. The Labute approximate surface area is 154 Å². The molecule has 1 N–H and O–H groups in total. The van der Waals surface area contributed by atoms with E-state index in [2.05, 4.69) is 19.8 Å². The first-order chi connectivity index (χ1) is 12.5. The molecule has 2 aromatic rings. The molecule has 0 saturated carbocycles. The summed E-state index contributed by atoms with van der Waals surface area (Å²) in [7, 11) is -1.31. The van der Waals surface area contributed by atoms with Crippen LogP contribution < -0.4 is 0 Å². The maximum Gasteiger partial charge on any atom is 0.282 e. The van der Waals surface area contributed by atoms with Gasteiger partial charge in [0, 0.05) is 52.4 Å². The number of aromatic nitrogens is 2. The molecule has 0 radical (unpaired) electrons. The van der Waals surface area contributed by atoms with Crippen LogP contribution >= 0.6 is 0 Å². The largest absolute Gasteiger partial charge is 0.341 e. The second-order valence-corrected chi connectivity index (χ2v) is 9.01. The summed E-state index contributed by atoms with van der Waals surface area (Å²) in [5.41, 5.74) is 2.01. The number of aromatic amines is 1. The van der Waals surface area contributed by atoms with Crippen molar-refractivity contribution in [2.75, 3.05) is 59.4 Å². The standard InChI is InChI=1S/C17H26N6O2S/c1-20-6-10-22(11-7-20)26(24,25)23-12-8-21(9-13-23)14-17-18-15-4-2-3-5-16(15)19-17/h2-5H,6-14H2,1H3,(H,18,19). The van der Waals surface area contributed by atoms with Crippen LogP contribution in [0.4, 0.5) is 0 Å². The Morgan fingerprint density at radius 2 is 1.58 bits per heavy atom. The number of piperazine rings is 2. The minimum atomic E-state index is -3.34. The predicted octanol–water partition coefficient (Wildman–Crippen LogP) is 0.173. The first kappa shape index (κ1) is 17.9.